The summed E-state index contributed by atoms with van der Waals surface area (Å²) < 4.78 is 55.2. The molecule has 24 heteroatoms. The number of phenols is 4. The fourth-order valence-electron chi connectivity index (χ4n) is 7.84. The number of hydrogen-bond acceptors (Lipinski definition) is 23. The van der Waals surface area contributed by atoms with Crippen LogP contribution < -0.4 is 14.2 Å². The fourth-order valence-corrected chi connectivity index (χ4v) is 7.84. The summed E-state index contributed by atoms with van der Waals surface area (Å²) in [5, 5.41) is 138. The van der Waals surface area contributed by atoms with E-state index in [1.807, 2.05) is 0 Å². The Morgan fingerprint density at radius 3 is 2.01 bits per heavy atom. The van der Waals surface area contributed by atoms with Gasteiger partial charge >= 0.3 is 5.97 Å². The van der Waals surface area contributed by atoms with E-state index in [1.165, 1.54) is 63.6 Å². The lowest BCUT2D eigenvalue weighted by Gasteiger charge is -2.43. The van der Waals surface area contributed by atoms with E-state index in [0.29, 0.717) is 5.56 Å². The number of aromatic hydroxyl groups is 5. The lowest BCUT2D eigenvalue weighted by molar-refractivity contribution is -0.325. The molecule has 0 radical (unpaired) electrons. The van der Waals surface area contributed by atoms with Gasteiger partial charge in [-0.15, -0.1) is 0 Å². The Morgan fingerprint density at radius 1 is 0.691 bits per heavy atom. The number of fused-ring (bicyclic) bond motifs is 1. The Bertz CT molecular complexity index is 2320. The summed E-state index contributed by atoms with van der Waals surface area (Å²) in [5.41, 5.74) is 0.578. The molecule has 0 spiro atoms. The summed E-state index contributed by atoms with van der Waals surface area (Å²) >= 11 is 0. The fraction of sp³-hybridized carbons (Fsp3) is 0.477. The van der Waals surface area contributed by atoms with E-state index < -0.39 is 135 Å². The van der Waals surface area contributed by atoms with Gasteiger partial charge in [-0.05, 0) is 42.8 Å². The van der Waals surface area contributed by atoms with Crippen LogP contribution in [-0.2, 0) is 33.2 Å². The number of rotatable bonds is 14. The number of phenolic OH excluding ortho intramolecular Hbond substituents is 4. The van der Waals surface area contributed by atoms with Gasteiger partial charge in [0.1, 0.15) is 78.1 Å². The first-order valence-corrected chi connectivity index (χ1v) is 21.0. The van der Waals surface area contributed by atoms with Crippen LogP contribution in [0.25, 0.3) is 12.2 Å². The molecule has 24 nitrogen and oxygen atoms in total. The second-order valence-electron chi connectivity index (χ2n) is 16.2. The van der Waals surface area contributed by atoms with Gasteiger partial charge in [0.25, 0.3) is 11.9 Å². The van der Waals surface area contributed by atoms with E-state index in [1.54, 1.807) is 0 Å². The predicted molar refractivity (Wildman–Crippen MR) is 225 cm³/mol. The summed E-state index contributed by atoms with van der Waals surface area (Å²) in [4.78, 5) is 12.7. The van der Waals surface area contributed by atoms with Crippen LogP contribution in [0.15, 0.2) is 54.3 Å². The van der Waals surface area contributed by atoms with Crippen LogP contribution in [0.4, 0.5) is 0 Å². The third kappa shape index (κ3) is 10.3. The minimum Gasteiger partial charge on any atom is -0.571 e. The Labute approximate surface area is 385 Å². The van der Waals surface area contributed by atoms with E-state index >= 15 is 0 Å². The van der Waals surface area contributed by atoms with Crippen LogP contribution in [0.5, 0.6) is 46.0 Å². The highest BCUT2D eigenvalue weighted by Crippen LogP contribution is 2.49. The van der Waals surface area contributed by atoms with E-state index in [4.69, 9.17) is 42.6 Å². The molecule has 0 saturated carbocycles. The molecular formula is C44H53O24+. The van der Waals surface area contributed by atoms with Crippen LogP contribution in [0.3, 0.4) is 0 Å². The molecule has 16 unspecified atom stereocenters. The molecule has 3 saturated heterocycles. The number of ether oxygens (including phenoxy) is 10. The Morgan fingerprint density at radius 2 is 1.34 bits per heavy atom. The van der Waals surface area contributed by atoms with Gasteiger partial charge in [0.15, 0.2) is 41.2 Å². The maximum atomic E-state index is 12.7. The van der Waals surface area contributed by atoms with Crippen molar-refractivity contribution in [3.8, 4) is 46.0 Å². The molecule has 0 aromatic heterocycles. The zero-order valence-electron chi connectivity index (χ0n) is 36.3. The lowest BCUT2D eigenvalue weighted by atomic mass is 9.97. The Balaban J connectivity index is 1.10. The van der Waals surface area contributed by atoms with E-state index in [9.17, 15) is 71.2 Å². The molecule has 4 aliphatic heterocycles. The van der Waals surface area contributed by atoms with Gasteiger partial charge in [-0.1, -0.05) is 6.07 Å². The highest BCUT2D eigenvalue weighted by molar-refractivity contribution is 5.87. The largest absolute Gasteiger partial charge is 0.571 e. The van der Waals surface area contributed by atoms with Crippen molar-refractivity contribution in [3.05, 3.63) is 71.0 Å². The van der Waals surface area contributed by atoms with Crippen molar-refractivity contribution >= 4 is 18.1 Å². The number of benzene rings is 3. The van der Waals surface area contributed by atoms with Crippen LogP contribution in [0.1, 0.15) is 29.7 Å². The molecule has 4 aliphatic rings. The smallest absolute Gasteiger partial charge is 0.331 e. The molecule has 0 amide bonds. The SMILES string of the molecule is COc1cc(C=CC(=O)OC2C(C)OC(OCC3OC(OC4=Cc5c(OC6OC(CO)C(O)C(O)C6O)cc(O)cc5[OH+]C4c4cc(O)c(O)c(OC)c4)C(O)C(O)C3O)C(O)C2O)ccc1O. The maximum Gasteiger partial charge on any atom is 0.331 e. The first kappa shape index (κ1) is 50.2. The van der Waals surface area contributed by atoms with Gasteiger partial charge in [-0.2, -0.15) is 0 Å². The summed E-state index contributed by atoms with van der Waals surface area (Å²) in [6.07, 6.45) is -23.1. The molecule has 372 valence electrons. The normalized spacial score (nSPS) is 33.7. The second kappa shape index (κ2) is 20.9. The molecule has 3 aromatic rings. The van der Waals surface area contributed by atoms with Crippen molar-refractivity contribution in [1.29, 1.82) is 0 Å². The van der Waals surface area contributed by atoms with Crippen molar-refractivity contribution in [2.24, 2.45) is 0 Å². The van der Waals surface area contributed by atoms with E-state index in [-0.39, 0.29) is 45.6 Å². The van der Waals surface area contributed by atoms with E-state index in [0.717, 1.165) is 18.2 Å². The second-order valence-corrected chi connectivity index (χ2v) is 16.2. The van der Waals surface area contributed by atoms with Gasteiger partial charge in [-0.3, -0.25) is 0 Å². The first-order valence-electron chi connectivity index (χ1n) is 21.0. The number of methoxy groups -OCH3 is 2. The molecular weight excluding hydrogens is 912 g/mol. The molecule has 7 rings (SSSR count). The topological polar surface area (TPSA) is 376 Å². The van der Waals surface area contributed by atoms with Crippen LogP contribution >= 0.6 is 0 Å². The average molecular weight is 966 g/mol. The molecule has 4 heterocycles. The molecule has 0 bridgehead atoms. The van der Waals surface area contributed by atoms with E-state index in [2.05, 4.69) is 4.74 Å². The van der Waals surface area contributed by atoms with Gasteiger partial charge < -0.3 is 114 Å². The number of aliphatic hydroxyl groups excluding tert-OH is 9. The number of aliphatic hydroxyl groups is 10. The number of esters is 1. The van der Waals surface area contributed by atoms with Crippen LogP contribution in [-0.4, -0.2) is 197 Å². The monoisotopic (exact) mass is 965 g/mol. The van der Waals surface area contributed by atoms with Crippen molar-refractivity contribution in [3.63, 3.8) is 0 Å². The first-order chi connectivity index (χ1) is 32.3. The number of carbonyl (C=O) groups excluding carboxylic acids is 1. The number of hydrogen-bond donors (Lipinski definition) is 13. The highest BCUT2D eigenvalue weighted by Gasteiger charge is 2.50. The van der Waals surface area contributed by atoms with Gasteiger partial charge in [0, 0.05) is 18.2 Å². The Hall–Kier alpha value is -5.71. The van der Waals surface area contributed by atoms with Gasteiger partial charge in [0.2, 0.25) is 18.3 Å². The highest BCUT2D eigenvalue weighted by atomic mass is 16.7. The molecule has 0 aliphatic carbocycles. The molecule has 14 N–H and O–H groups in total. The lowest BCUT2D eigenvalue weighted by Crippen LogP contribution is -2.61. The third-order valence-corrected chi connectivity index (χ3v) is 11.6. The maximum absolute atomic E-state index is 12.7. The predicted octanol–water partition coefficient (Wildman–Crippen LogP) is -2.03. The average Bonchev–Trinajstić information content (AvgIpc) is 3.32. The Kier molecular flexibility index (Phi) is 15.4. The molecule has 16 atom stereocenters. The standard InChI is InChI=1S/C44H52O24/c1-16-40(68-30(49)7-5-17-4-6-21(47)25(8-17)59-2)36(55)39(58)42(62-16)61-15-29-33(52)35(54)38(57)44(67-29)65-27-13-20-23(63-41(27)18-9-22(48)31(50)26(10-18)60-3)11-19(46)12-24(20)64-43-37(56)34(53)32(51)28(14-45)66-43/h4-13,16,28-29,32-48,50-58H,14-15H2,1-3H3/p+1. The van der Waals surface area contributed by atoms with Crippen LogP contribution in [0, 0.1) is 0 Å². The molecule has 3 fully saturated rings. The number of carbonyl (C=O) groups is 1. The van der Waals surface area contributed by atoms with Crippen molar-refractivity contribution in [2.45, 2.75) is 105 Å². The minimum absolute atomic E-state index is 0.00799. The van der Waals surface area contributed by atoms with Crippen molar-refractivity contribution in [2.75, 3.05) is 27.4 Å². The van der Waals surface area contributed by atoms with Crippen molar-refractivity contribution in [1.82, 2.24) is 0 Å². The summed E-state index contributed by atoms with van der Waals surface area (Å²) in [7, 11) is 2.57. The summed E-state index contributed by atoms with van der Waals surface area (Å²) in [6, 6.07) is 9.01. The summed E-state index contributed by atoms with van der Waals surface area (Å²) in [5.74, 6) is -3.26. The van der Waals surface area contributed by atoms with Gasteiger partial charge in [-0.25, -0.2) is 4.79 Å². The van der Waals surface area contributed by atoms with Crippen molar-refractivity contribution < 1.29 is 119 Å². The molecule has 3 aromatic carbocycles. The third-order valence-electron chi connectivity index (χ3n) is 11.6. The van der Waals surface area contributed by atoms with Gasteiger partial charge in [0.05, 0.1) is 45.2 Å². The zero-order valence-corrected chi connectivity index (χ0v) is 36.3. The zero-order chi connectivity index (χ0) is 49.3. The van der Waals surface area contributed by atoms with Crippen LogP contribution in [0.2, 0.25) is 0 Å². The molecule has 68 heavy (non-hydrogen) atoms. The quantitative estimate of drug-likeness (QED) is 0.0359. The summed E-state index contributed by atoms with van der Waals surface area (Å²) in [6.45, 7) is -0.0232. The minimum atomic E-state index is -1.99.